The molecule has 162 valence electrons. The summed E-state index contributed by atoms with van der Waals surface area (Å²) in [6.45, 7) is 3.57. The van der Waals surface area contributed by atoms with Crippen molar-refractivity contribution in [2.24, 2.45) is 5.92 Å². The SMILES string of the molecule is CCOC(=O)c1c(C2CC2)csc1NC(=O)CN1C(=O)N[C@@]2(CCCC[C@@H]2C)C1=O. The summed E-state index contributed by atoms with van der Waals surface area (Å²) in [6.07, 6.45) is 5.40. The van der Waals surface area contributed by atoms with Crippen molar-refractivity contribution in [3.63, 3.8) is 0 Å². The number of carbonyl (C=O) groups is 4. The highest BCUT2D eigenvalue weighted by atomic mass is 32.1. The van der Waals surface area contributed by atoms with Crippen LogP contribution >= 0.6 is 11.3 Å². The number of esters is 1. The number of nitrogens with zero attached hydrogens (tertiary/aromatic N) is 1. The van der Waals surface area contributed by atoms with Gasteiger partial charge < -0.3 is 15.4 Å². The van der Waals surface area contributed by atoms with E-state index in [9.17, 15) is 19.2 Å². The molecule has 2 saturated carbocycles. The predicted molar refractivity (Wildman–Crippen MR) is 111 cm³/mol. The molecule has 1 spiro atoms. The third kappa shape index (κ3) is 3.59. The highest BCUT2D eigenvalue weighted by Gasteiger charge is 2.55. The summed E-state index contributed by atoms with van der Waals surface area (Å²) in [4.78, 5) is 51.7. The van der Waals surface area contributed by atoms with Crippen LogP contribution in [0.1, 0.15) is 74.2 Å². The zero-order valence-corrected chi connectivity index (χ0v) is 18.1. The topological polar surface area (TPSA) is 105 Å². The third-order valence-corrected chi connectivity index (χ3v) is 7.29. The van der Waals surface area contributed by atoms with E-state index in [4.69, 9.17) is 4.74 Å². The van der Waals surface area contributed by atoms with E-state index in [1.807, 2.05) is 12.3 Å². The van der Waals surface area contributed by atoms with Crippen LogP contribution in [0.4, 0.5) is 9.80 Å². The molecular weight excluding hydrogens is 406 g/mol. The second-order valence-electron chi connectivity index (χ2n) is 8.38. The molecule has 2 aliphatic carbocycles. The summed E-state index contributed by atoms with van der Waals surface area (Å²) in [5, 5.41) is 7.87. The number of hydrogen-bond acceptors (Lipinski definition) is 6. The molecular formula is C21H27N3O5S. The minimum Gasteiger partial charge on any atom is -0.462 e. The van der Waals surface area contributed by atoms with Gasteiger partial charge in [-0.25, -0.2) is 9.59 Å². The van der Waals surface area contributed by atoms with Gasteiger partial charge in [0.25, 0.3) is 5.91 Å². The Labute approximate surface area is 179 Å². The van der Waals surface area contributed by atoms with Gasteiger partial charge in [-0.2, -0.15) is 0 Å². The predicted octanol–water partition coefficient (Wildman–Crippen LogP) is 3.24. The van der Waals surface area contributed by atoms with Gasteiger partial charge >= 0.3 is 12.0 Å². The first-order valence-electron chi connectivity index (χ1n) is 10.6. The number of ether oxygens (including phenoxy) is 1. The summed E-state index contributed by atoms with van der Waals surface area (Å²) < 4.78 is 5.17. The molecule has 0 unspecified atom stereocenters. The second kappa shape index (κ2) is 8.02. The number of nitrogens with one attached hydrogen (secondary N) is 2. The maximum Gasteiger partial charge on any atom is 0.341 e. The van der Waals surface area contributed by atoms with E-state index in [0.717, 1.165) is 42.6 Å². The highest BCUT2D eigenvalue weighted by molar-refractivity contribution is 7.15. The number of carbonyl (C=O) groups excluding carboxylic acids is 4. The molecule has 3 fully saturated rings. The minimum absolute atomic E-state index is 0.0320. The van der Waals surface area contributed by atoms with E-state index in [1.54, 1.807) is 6.92 Å². The van der Waals surface area contributed by atoms with Gasteiger partial charge in [-0.05, 0) is 55.4 Å². The van der Waals surface area contributed by atoms with Gasteiger partial charge in [0, 0.05) is 0 Å². The molecule has 1 aliphatic heterocycles. The number of anilines is 1. The van der Waals surface area contributed by atoms with Crippen LogP contribution in [-0.4, -0.2) is 47.4 Å². The van der Waals surface area contributed by atoms with Crippen molar-refractivity contribution in [2.75, 3.05) is 18.5 Å². The smallest absolute Gasteiger partial charge is 0.341 e. The average Bonchev–Trinajstić information content (AvgIpc) is 3.43. The molecule has 0 bridgehead atoms. The Bertz CT molecular complexity index is 893. The Kier molecular flexibility index (Phi) is 5.57. The summed E-state index contributed by atoms with van der Waals surface area (Å²) in [5.74, 6) is -0.936. The second-order valence-corrected chi connectivity index (χ2v) is 9.26. The molecule has 1 aromatic rings. The van der Waals surface area contributed by atoms with Gasteiger partial charge in [-0.3, -0.25) is 14.5 Å². The van der Waals surface area contributed by atoms with Gasteiger partial charge in [0.15, 0.2) is 0 Å². The van der Waals surface area contributed by atoms with Gasteiger partial charge in [0.2, 0.25) is 5.91 Å². The number of amides is 4. The Balaban J connectivity index is 1.48. The van der Waals surface area contributed by atoms with Crippen molar-refractivity contribution in [3.8, 4) is 0 Å². The van der Waals surface area contributed by atoms with Gasteiger partial charge in [0.05, 0.1) is 12.2 Å². The van der Waals surface area contributed by atoms with E-state index in [0.29, 0.717) is 22.9 Å². The van der Waals surface area contributed by atoms with Crippen LogP contribution in [0.15, 0.2) is 5.38 Å². The molecule has 0 aromatic carbocycles. The lowest BCUT2D eigenvalue weighted by Gasteiger charge is -2.36. The van der Waals surface area contributed by atoms with Crippen molar-refractivity contribution in [3.05, 3.63) is 16.5 Å². The first-order valence-corrected chi connectivity index (χ1v) is 11.5. The number of rotatable bonds is 6. The van der Waals surface area contributed by atoms with Gasteiger partial charge in [-0.1, -0.05) is 19.8 Å². The van der Waals surface area contributed by atoms with E-state index >= 15 is 0 Å². The molecule has 1 saturated heterocycles. The Morgan fingerprint density at radius 3 is 2.73 bits per heavy atom. The van der Waals surface area contributed by atoms with Crippen molar-refractivity contribution in [1.29, 1.82) is 0 Å². The van der Waals surface area contributed by atoms with Crippen LogP contribution in [0.3, 0.4) is 0 Å². The number of hydrogen-bond donors (Lipinski definition) is 2. The molecule has 0 radical (unpaired) electrons. The number of thiophene rings is 1. The van der Waals surface area contributed by atoms with Crippen LogP contribution in [0.2, 0.25) is 0 Å². The fourth-order valence-corrected chi connectivity index (χ4v) is 5.57. The average molecular weight is 434 g/mol. The van der Waals surface area contributed by atoms with Crippen LogP contribution in [0.5, 0.6) is 0 Å². The first-order chi connectivity index (χ1) is 14.4. The minimum atomic E-state index is -0.895. The largest absolute Gasteiger partial charge is 0.462 e. The van der Waals surface area contributed by atoms with Crippen molar-refractivity contribution in [2.45, 2.75) is 63.8 Å². The molecule has 2 heterocycles. The lowest BCUT2D eigenvalue weighted by molar-refractivity contribution is -0.136. The fraction of sp³-hybridized carbons (Fsp3) is 0.619. The molecule has 8 nitrogen and oxygen atoms in total. The third-order valence-electron chi connectivity index (χ3n) is 6.37. The Morgan fingerprint density at radius 1 is 1.30 bits per heavy atom. The van der Waals surface area contributed by atoms with Crippen LogP contribution in [-0.2, 0) is 14.3 Å². The molecule has 1 aromatic heterocycles. The quantitative estimate of drug-likeness (QED) is 0.529. The summed E-state index contributed by atoms with van der Waals surface area (Å²) in [5.41, 5.74) is 0.402. The molecule has 30 heavy (non-hydrogen) atoms. The first kappa shape index (κ1) is 20.8. The normalized spacial score (nSPS) is 26.1. The van der Waals surface area contributed by atoms with Crippen LogP contribution in [0, 0.1) is 5.92 Å². The van der Waals surface area contributed by atoms with Crippen molar-refractivity contribution < 1.29 is 23.9 Å². The number of imide groups is 1. The highest BCUT2D eigenvalue weighted by Crippen LogP contribution is 2.46. The van der Waals surface area contributed by atoms with E-state index in [1.165, 1.54) is 11.3 Å². The molecule has 2 N–H and O–H groups in total. The number of urea groups is 1. The van der Waals surface area contributed by atoms with Gasteiger partial charge in [0.1, 0.15) is 17.1 Å². The van der Waals surface area contributed by atoms with E-state index < -0.39 is 23.4 Å². The lowest BCUT2D eigenvalue weighted by atomic mass is 9.73. The van der Waals surface area contributed by atoms with Crippen LogP contribution in [0.25, 0.3) is 0 Å². The summed E-state index contributed by atoms with van der Waals surface area (Å²) in [6, 6.07) is -0.528. The Hall–Kier alpha value is -2.42. The lowest BCUT2D eigenvalue weighted by Crippen LogP contribution is -2.54. The molecule has 2 atom stereocenters. The standard InChI is InChI=1S/C21H27N3O5S/c1-3-29-18(26)16-14(13-7-8-13)11-30-17(16)22-15(25)10-24-19(27)21(23-20(24)28)9-5-4-6-12(21)2/h11-13H,3-10H2,1-2H3,(H,22,25)(H,23,28)/t12-,21+/m0/s1. The molecule has 9 heteroatoms. The summed E-state index contributed by atoms with van der Waals surface area (Å²) >= 11 is 1.27. The maximum atomic E-state index is 13.0. The molecule has 3 aliphatic rings. The van der Waals surface area contributed by atoms with Crippen molar-refractivity contribution >= 4 is 40.2 Å². The molecule has 4 amide bonds. The monoisotopic (exact) mass is 433 g/mol. The van der Waals surface area contributed by atoms with E-state index in [2.05, 4.69) is 10.6 Å². The van der Waals surface area contributed by atoms with Crippen LogP contribution < -0.4 is 10.6 Å². The fourth-order valence-electron chi connectivity index (χ4n) is 4.52. The van der Waals surface area contributed by atoms with Gasteiger partial charge in [-0.15, -0.1) is 11.3 Å². The van der Waals surface area contributed by atoms with E-state index in [-0.39, 0.29) is 25.0 Å². The zero-order valence-electron chi connectivity index (χ0n) is 17.3. The summed E-state index contributed by atoms with van der Waals surface area (Å²) in [7, 11) is 0. The van der Waals surface area contributed by atoms with Crippen molar-refractivity contribution in [1.82, 2.24) is 10.2 Å². The Morgan fingerprint density at radius 2 is 2.07 bits per heavy atom. The maximum absolute atomic E-state index is 13.0. The molecule has 4 rings (SSSR count). The zero-order chi connectivity index (χ0) is 21.5.